The molecular formula is C21H19N5O2S. The standard InChI is InChI=1S/C21H19N5O2S/c1-13-7-9-15(10-8-13)19-25-26-18(27)11-16(23-21(26)29-19)12-22-20(28)24-17-6-4-3-5-14(17)2/h3-11H,12H2,1-2H3,(H2,22,24,28). The van der Waals surface area contributed by atoms with Crippen LogP contribution in [0.5, 0.6) is 0 Å². The Kier molecular flexibility index (Phi) is 5.09. The van der Waals surface area contributed by atoms with Crippen molar-refractivity contribution in [3.63, 3.8) is 0 Å². The van der Waals surface area contributed by atoms with Gasteiger partial charge in [0.1, 0.15) is 5.01 Å². The molecular weight excluding hydrogens is 386 g/mol. The van der Waals surface area contributed by atoms with Crippen LogP contribution in [-0.2, 0) is 6.54 Å². The minimum absolute atomic E-state index is 0.140. The maximum atomic E-state index is 12.4. The molecule has 2 aromatic carbocycles. The van der Waals surface area contributed by atoms with E-state index in [1.807, 2.05) is 62.4 Å². The Hall–Kier alpha value is -3.52. The average Bonchev–Trinajstić information content (AvgIpc) is 3.13. The van der Waals surface area contributed by atoms with E-state index in [-0.39, 0.29) is 18.1 Å². The number of carbonyl (C=O) groups is 1. The summed E-state index contributed by atoms with van der Waals surface area (Å²) in [7, 11) is 0. The largest absolute Gasteiger partial charge is 0.332 e. The molecule has 0 aliphatic carbocycles. The Balaban J connectivity index is 1.51. The molecule has 0 radical (unpaired) electrons. The fourth-order valence-electron chi connectivity index (χ4n) is 2.81. The average molecular weight is 405 g/mol. The molecule has 146 valence electrons. The van der Waals surface area contributed by atoms with Crippen LogP contribution >= 0.6 is 11.3 Å². The van der Waals surface area contributed by atoms with Gasteiger partial charge in [-0.05, 0) is 25.5 Å². The number of amides is 2. The van der Waals surface area contributed by atoms with Gasteiger partial charge in [0.05, 0.1) is 12.2 Å². The summed E-state index contributed by atoms with van der Waals surface area (Å²) in [4.78, 5) is 29.5. The molecule has 2 amide bonds. The Morgan fingerprint density at radius 3 is 2.62 bits per heavy atom. The zero-order valence-electron chi connectivity index (χ0n) is 16.0. The van der Waals surface area contributed by atoms with E-state index in [2.05, 4.69) is 20.7 Å². The molecule has 0 bridgehead atoms. The number of para-hydroxylation sites is 1. The monoisotopic (exact) mass is 405 g/mol. The summed E-state index contributed by atoms with van der Waals surface area (Å²) in [5.41, 5.74) is 3.99. The zero-order chi connectivity index (χ0) is 20.4. The second kappa shape index (κ2) is 7.84. The Labute approximate surface area is 171 Å². The number of benzene rings is 2. The van der Waals surface area contributed by atoms with Crippen molar-refractivity contribution >= 4 is 28.0 Å². The summed E-state index contributed by atoms with van der Waals surface area (Å²) in [5.74, 6) is 0. The van der Waals surface area contributed by atoms with Crippen molar-refractivity contribution in [3.8, 4) is 10.6 Å². The molecule has 2 heterocycles. The Morgan fingerprint density at radius 2 is 1.86 bits per heavy atom. The van der Waals surface area contributed by atoms with Gasteiger partial charge in [0.15, 0.2) is 0 Å². The number of aryl methyl sites for hydroxylation is 2. The van der Waals surface area contributed by atoms with Crippen molar-refractivity contribution in [2.45, 2.75) is 20.4 Å². The third kappa shape index (κ3) is 4.17. The van der Waals surface area contributed by atoms with Crippen molar-refractivity contribution in [3.05, 3.63) is 81.8 Å². The van der Waals surface area contributed by atoms with Crippen LogP contribution in [0.4, 0.5) is 10.5 Å². The molecule has 29 heavy (non-hydrogen) atoms. The van der Waals surface area contributed by atoms with Gasteiger partial charge >= 0.3 is 6.03 Å². The molecule has 4 aromatic rings. The number of hydrogen-bond acceptors (Lipinski definition) is 5. The van der Waals surface area contributed by atoms with E-state index in [0.29, 0.717) is 10.7 Å². The lowest BCUT2D eigenvalue weighted by Gasteiger charge is -2.09. The predicted octanol–water partition coefficient (Wildman–Crippen LogP) is 3.76. The van der Waals surface area contributed by atoms with Crippen LogP contribution in [0.15, 0.2) is 59.4 Å². The molecule has 7 nitrogen and oxygen atoms in total. The lowest BCUT2D eigenvalue weighted by Crippen LogP contribution is -2.29. The normalized spacial score (nSPS) is 10.8. The van der Waals surface area contributed by atoms with Gasteiger partial charge in [0.25, 0.3) is 5.56 Å². The number of nitrogens with zero attached hydrogens (tertiary/aromatic N) is 3. The highest BCUT2D eigenvalue weighted by atomic mass is 32.1. The number of urea groups is 1. The van der Waals surface area contributed by atoms with E-state index in [1.165, 1.54) is 21.9 Å². The van der Waals surface area contributed by atoms with Crippen LogP contribution in [0.25, 0.3) is 15.5 Å². The third-order valence-corrected chi connectivity index (χ3v) is 5.38. The molecule has 0 atom stereocenters. The molecule has 0 aliphatic rings. The highest BCUT2D eigenvalue weighted by Gasteiger charge is 2.11. The molecule has 0 unspecified atom stereocenters. The first-order valence-corrected chi connectivity index (χ1v) is 9.88. The second-order valence-corrected chi connectivity index (χ2v) is 7.63. The van der Waals surface area contributed by atoms with Gasteiger partial charge < -0.3 is 10.6 Å². The molecule has 8 heteroatoms. The zero-order valence-corrected chi connectivity index (χ0v) is 16.8. The van der Waals surface area contributed by atoms with Gasteiger partial charge in [0.2, 0.25) is 4.96 Å². The predicted molar refractivity (Wildman–Crippen MR) is 114 cm³/mol. The topological polar surface area (TPSA) is 88.4 Å². The smallest absolute Gasteiger partial charge is 0.319 e. The van der Waals surface area contributed by atoms with Crippen LogP contribution < -0.4 is 16.2 Å². The van der Waals surface area contributed by atoms with Gasteiger partial charge in [-0.2, -0.15) is 9.61 Å². The molecule has 0 spiro atoms. The SMILES string of the molecule is Cc1ccc(-c2nn3c(=O)cc(CNC(=O)Nc4ccccc4C)nc3s2)cc1. The molecule has 0 saturated heterocycles. The molecule has 0 saturated carbocycles. The summed E-state index contributed by atoms with van der Waals surface area (Å²) in [5, 5.41) is 10.6. The lowest BCUT2D eigenvalue weighted by molar-refractivity contribution is 0.251. The summed E-state index contributed by atoms with van der Waals surface area (Å²) in [6.07, 6.45) is 0. The van der Waals surface area contributed by atoms with E-state index in [9.17, 15) is 9.59 Å². The summed E-state index contributed by atoms with van der Waals surface area (Å²) in [6.45, 7) is 4.07. The third-order valence-electron chi connectivity index (χ3n) is 4.42. The maximum Gasteiger partial charge on any atom is 0.319 e. The Bertz CT molecular complexity index is 1240. The minimum Gasteiger partial charge on any atom is -0.332 e. The lowest BCUT2D eigenvalue weighted by atomic mass is 10.2. The van der Waals surface area contributed by atoms with E-state index in [1.54, 1.807) is 0 Å². The van der Waals surface area contributed by atoms with Gasteiger partial charge in [-0.1, -0.05) is 59.4 Å². The number of carbonyl (C=O) groups excluding carboxylic acids is 1. The van der Waals surface area contributed by atoms with E-state index in [4.69, 9.17) is 0 Å². The molecule has 2 N–H and O–H groups in total. The number of fused-ring (bicyclic) bond motifs is 1. The number of anilines is 1. The maximum absolute atomic E-state index is 12.4. The number of aromatic nitrogens is 3. The van der Waals surface area contributed by atoms with Crippen molar-refractivity contribution in [1.82, 2.24) is 19.9 Å². The van der Waals surface area contributed by atoms with E-state index in [0.717, 1.165) is 27.4 Å². The van der Waals surface area contributed by atoms with Crippen LogP contribution in [0.1, 0.15) is 16.8 Å². The van der Waals surface area contributed by atoms with Gasteiger partial charge in [0, 0.05) is 17.3 Å². The molecule has 2 aromatic heterocycles. The summed E-state index contributed by atoms with van der Waals surface area (Å²) in [6, 6.07) is 16.5. The van der Waals surface area contributed by atoms with Gasteiger partial charge in [-0.25, -0.2) is 9.78 Å². The first-order valence-electron chi connectivity index (χ1n) is 9.07. The van der Waals surface area contributed by atoms with Crippen LogP contribution in [0, 0.1) is 13.8 Å². The highest BCUT2D eigenvalue weighted by Crippen LogP contribution is 2.24. The first-order chi connectivity index (χ1) is 14.0. The first kappa shape index (κ1) is 18.8. The molecule has 4 rings (SSSR count). The quantitative estimate of drug-likeness (QED) is 0.541. The second-order valence-electron chi connectivity index (χ2n) is 6.68. The van der Waals surface area contributed by atoms with Gasteiger partial charge in [-0.15, -0.1) is 0 Å². The minimum atomic E-state index is -0.356. The number of hydrogen-bond donors (Lipinski definition) is 2. The Morgan fingerprint density at radius 1 is 1.10 bits per heavy atom. The summed E-state index contributed by atoms with van der Waals surface area (Å²) >= 11 is 1.34. The molecule has 0 aliphatic heterocycles. The van der Waals surface area contributed by atoms with E-state index < -0.39 is 0 Å². The van der Waals surface area contributed by atoms with Gasteiger partial charge in [-0.3, -0.25) is 4.79 Å². The number of rotatable bonds is 4. The van der Waals surface area contributed by atoms with Crippen molar-refractivity contribution < 1.29 is 4.79 Å². The molecule has 0 fully saturated rings. The van der Waals surface area contributed by atoms with Crippen molar-refractivity contribution in [2.24, 2.45) is 0 Å². The van der Waals surface area contributed by atoms with Crippen LogP contribution in [0.3, 0.4) is 0 Å². The number of nitrogens with one attached hydrogen (secondary N) is 2. The van der Waals surface area contributed by atoms with E-state index >= 15 is 0 Å². The summed E-state index contributed by atoms with van der Waals surface area (Å²) < 4.78 is 1.29. The fraction of sp³-hybridized carbons (Fsp3) is 0.143. The van der Waals surface area contributed by atoms with Crippen molar-refractivity contribution in [1.29, 1.82) is 0 Å². The van der Waals surface area contributed by atoms with Crippen LogP contribution in [0.2, 0.25) is 0 Å². The van der Waals surface area contributed by atoms with Crippen molar-refractivity contribution in [2.75, 3.05) is 5.32 Å². The van der Waals surface area contributed by atoms with Crippen LogP contribution in [-0.4, -0.2) is 20.6 Å². The highest BCUT2D eigenvalue weighted by molar-refractivity contribution is 7.19. The fourth-order valence-corrected chi connectivity index (χ4v) is 3.74.